The number of para-hydroxylation sites is 1. The summed E-state index contributed by atoms with van der Waals surface area (Å²) in [5.41, 5.74) is 9.57. The van der Waals surface area contributed by atoms with Crippen LogP contribution in [0, 0.1) is 28.8 Å². The summed E-state index contributed by atoms with van der Waals surface area (Å²) in [6, 6.07) is 7.43. The Kier molecular flexibility index (Phi) is 6.65. The van der Waals surface area contributed by atoms with E-state index in [1.54, 1.807) is 4.90 Å². The second kappa shape index (κ2) is 8.43. The van der Waals surface area contributed by atoms with Gasteiger partial charge < -0.3 is 4.74 Å². The molecule has 0 N–H and O–H groups in total. The van der Waals surface area contributed by atoms with Gasteiger partial charge in [0.25, 0.3) is 0 Å². The zero-order valence-corrected chi connectivity index (χ0v) is 20.1. The van der Waals surface area contributed by atoms with Crippen LogP contribution in [-0.4, -0.2) is 34.9 Å². The smallest absolute Gasteiger partial charge is 0.415 e. The van der Waals surface area contributed by atoms with E-state index in [1.807, 2.05) is 31.2 Å². The molecule has 0 saturated carbocycles. The van der Waals surface area contributed by atoms with Crippen molar-refractivity contribution >= 4 is 33.5 Å². The average Bonchev–Trinajstić information content (AvgIpc) is 2.58. The number of amides is 1. The first-order valence-electron chi connectivity index (χ1n) is 9.74. The fourth-order valence-electron chi connectivity index (χ4n) is 2.92. The molecule has 148 valence electrons. The predicted octanol–water partition coefficient (Wildman–Crippen LogP) is 5.42. The minimum absolute atomic E-state index is 0.227. The summed E-state index contributed by atoms with van der Waals surface area (Å²) in [5, 5.41) is 0. The van der Waals surface area contributed by atoms with Gasteiger partial charge in [0, 0.05) is 5.56 Å². The first-order chi connectivity index (χ1) is 12.9. The highest BCUT2D eigenvalue weighted by Crippen LogP contribution is 2.40. The summed E-state index contributed by atoms with van der Waals surface area (Å²) >= 11 is 0. The number of benzene rings is 1. The summed E-state index contributed by atoms with van der Waals surface area (Å²) < 4.78 is 5.39. The first kappa shape index (κ1) is 22.1. The summed E-state index contributed by atoms with van der Waals surface area (Å²) in [6.07, 6.45) is -0.378. The highest BCUT2D eigenvalue weighted by Gasteiger charge is 2.39. The van der Waals surface area contributed by atoms with E-state index in [1.165, 1.54) is 0 Å². The molecule has 0 aromatic heterocycles. The monoisotopic (exact) mass is 409 g/mol. The second-order valence-corrected chi connectivity index (χ2v) is 18.6. The molecule has 0 saturated heterocycles. The first-order valence-corrected chi connectivity index (χ1v) is 16.7. The fraction of sp³-hybridized carbons (Fsp3) is 0.435. The number of fused-ring (bicyclic) bond motifs is 1. The van der Waals surface area contributed by atoms with Gasteiger partial charge in [-0.3, -0.25) is 4.90 Å². The number of carbonyl (C=O) groups excluding carboxylic acids is 1. The number of ether oxygens (including phenoxy) is 1. The Morgan fingerprint density at radius 3 is 2.21 bits per heavy atom. The van der Waals surface area contributed by atoms with E-state index >= 15 is 0 Å². The van der Waals surface area contributed by atoms with Crippen molar-refractivity contribution < 1.29 is 9.53 Å². The molecule has 0 spiro atoms. The summed E-state index contributed by atoms with van der Waals surface area (Å²) in [7, 11) is -3.23. The van der Waals surface area contributed by atoms with Crippen molar-refractivity contribution in [2.24, 2.45) is 5.92 Å². The highest BCUT2D eigenvalue weighted by atomic mass is 28.3. The van der Waals surface area contributed by atoms with Crippen molar-refractivity contribution in [2.75, 3.05) is 11.5 Å². The lowest BCUT2D eigenvalue weighted by Crippen LogP contribution is -2.48. The maximum atomic E-state index is 12.9. The van der Waals surface area contributed by atoms with Crippen LogP contribution in [0.2, 0.25) is 39.3 Å². The molecule has 0 aliphatic carbocycles. The number of hydrogen-bond acceptors (Lipinski definition) is 2. The number of nitrogens with zero attached hydrogens (tertiary/aromatic N) is 1. The Morgan fingerprint density at radius 2 is 1.64 bits per heavy atom. The van der Waals surface area contributed by atoms with Crippen LogP contribution < -0.4 is 4.90 Å². The topological polar surface area (TPSA) is 29.5 Å². The van der Waals surface area contributed by atoms with Gasteiger partial charge in [0.1, 0.15) is 22.2 Å². The lowest BCUT2D eigenvalue weighted by atomic mass is 9.82. The van der Waals surface area contributed by atoms with Crippen LogP contribution in [0.25, 0.3) is 5.57 Å². The van der Waals surface area contributed by atoms with Crippen LogP contribution in [0.3, 0.4) is 0 Å². The maximum Gasteiger partial charge on any atom is 0.415 e. The molecule has 1 heterocycles. The van der Waals surface area contributed by atoms with Crippen LogP contribution >= 0.6 is 0 Å². The summed E-state index contributed by atoms with van der Waals surface area (Å²) in [4.78, 5) is 14.6. The van der Waals surface area contributed by atoms with Crippen molar-refractivity contribution in [1.82, 2.24) is 0 Å². The van der Waals surface area contributed by atoms with E-state index in [4.69, 9.17) is 4.74 Å². The minimum Gasteiger partial charge on any atom is -0.449 e. The van der Waals surface area contributed by atoms with Crippen LogP contribution in [0.4, 0.5) is 10.5 Å². The van der Waals surface area contributed by atoms with E-state index in [-0.39, 0.29) is 12.0 Å². The van der Waals surface area contributed by atoms with Gasteiger partial charge >= 0.3 is 6.09 Å². The van der Waals surface area contributed by atoms with Crippen molar-refractivity contribution in [2.45, 2.75) is 52.2 Å². The molecular weight excluding hydrogens is 378 g/mol. The largest absolute Gasteiger partial charge is 0.449 e. The van der Waals surface area contributed by atoms with Crippen molar-refractivity contribution in [3.8, 4) is 22.9 Å². The lowest BCUT2D eigenvalue weighted by molar-refractivity contribution is 0.157. The quantitative estimate of drug-likeness (QED) is 0.458. The Bertz CT molecular complexity index is 885. The van der Waals surface area contributed by atoms with Gasteiger partial charge in [-0.15, -0.1) is 11.1 Å². The van der Waals surface area contributed by atoms with E-state index in [0.29, 0.717) is 6.61 Å². The number of rotatable bonds is 1. The molecule has 0 fully saturated rings. The average molecular weight is 410 g/mol. The molecule has 1 aliphatic rings. The minimum atomic E-state index is -1.64. The molecule has 1 aromatic carbocycles. The van der Waals surface area contributed by atoms with Crippen LogP contribution in [0.15, 0.2) is 30.8 Å². The van der Waals surface area contributed by atoms with Crippen LogP contribution in [-0.2, 0) is 4.74 Å². The maximum absolute atomic E-state index is 12.9. The number of hydrogen-bond donors (Lipinski definition) is 0. The van der Waals surface area contributed by atoms with Gasteiger partial charge in [-0.05, 0) is 18.6 Å². The Labute approximate surface area is 172 Å². The molecule has 2 atom stereocenters. The Morgan fingerprint density at radius 1 is 1.07 bits per heavy atom. The Balaban J connectivity index is 2.70. The van der Waals surface area contributed by atoms with Gasteiger partial charge in [-0.1, -0.05) is 75.9 Å². The van der Waals surface area contributed by atoms with E-state index in [2.05, 4.69) is 68.8 Å². The van der Waals surface area contributed by atoms with E-state index < -0.39 is 22.2 Å². The molecule has 28 heavy (non-hydrogen) atoms. The van der Waals surface area contributed by atoms with Crippen LogP contribution in [0.1, 0.15) is 12.5 Å². The SMILES string of the molecule is C=C1c2ccccc2N(C(=O)OCC)[C@H](C#C[Si](C)(C)C)[C@H]1C#C[Si](C)(C)C. The van der Waals surface area contributed by atoms with Crippen molar-refractivity contribution in [3.63, 3.8) is 0 Å². The van der Waals surface area contributed by atoms with Crippen molar-refractivity contribution in [1.29, 1.82) is 0 Å². The van der Waals surface area contributed by atoms with Gasteiger partial charge in [-0.25, -0.2) is 4.79 Å². The standard InChI is InChI=1S/C23H31NO2Si2/c1-9-26-23(25)24-21-13-11-10-12-19(21)18(2)20(14-16-27(3,4)5)22(24)15-17-28(6,7)8/h10-13,20,22H,2,9H2,1,3-8H3/t20-,22+/m0/s1. The zero-order chi connectivity index (χ0) is 21.1. The summed E-state index contributed by atoms with van der Waals surface area (Å²) in [6.45, 7) is 19.7. The Hall–Kier alpha value is -2.22. The van der Waals surface area contributed by atoms with Gasteiger partial charge in [-0.2, -0.15) is 0 Å². The molecule has 3 nitrogen and oxygen atoms in total. The van der Waals surface area contributed by atoms with E-state index in [0.717, 1.165) is 16.8 Å². The molecule has 0 unspecified atom stereocenters. The lowest BCUT2D eigenvalue weighted by Gasteiger charge is -2.38. The van der Waals surface area contributed by atoms with Gasteiger partial charge in [0.2, 0.25) is 0 Å². The zero-order valence-electron chi connectivity index (χ0n) is 18.1. The number of anilines is 1. The molecule has 0 radical (unpaired) electrons. The van der Waals surface area contributed by atoms with Crippen LogP contribution in [0.5, 0.6) is 0 Å². The number of carbonyl (C=O) groups is 1. The molecule has 1 amide bonds. The van der Waals surface area contributed by atoms with Crippen molar-refractivity contribution in [3.05, 3.63) is 36.4 Å². The normalized spacial score (nSPS) is 19.0. The highest BCUT2D eigenvalue weighted by molar-refractivity contribution is 6.84. The van der Waals surface area contributed by atoms with Gasteiger partial charge in [0.05, 0.1) is 18.2 Å². The third kappa shape index (κ3) is 5.41. The molecule has 1 aliphatic heterocycles. The molecular formula is C23H31NO2Si2. The third-order valence-corrected chi connectivity index (χ3v) is 5.93. The fourth-order valence-corrected chi connectivity index (χ4v) is 4.09. The molecule has 5 heteroatoms. The predicted molar refractivity (Wildman–Crippen MR) is 124 cm³/mol. The van der Waals surface area contributed by atoms with E-state index in [9.17, 15) is 4.79 Å². The molecule has 2 rings (SSSR count). The molecule has 1 aromatic rings. The van der Waals surface area contributed by atoms with Gasteiger partial charge in [0.15, 0.2) is 0 Å². The second-order valence-electron chi connectivity index (χ2n) is 9.07. The third-order valence-electron chi connectivity index (χ3n) is 4.14. The summed E-state index contributed by atoms with van der Waals surface area (Å²) in [5.74, 6) is 6.61. The molecule has 0 bridgehead atoms.